The third kappa shape index (κ3) is 1.43. The van der Waals surface area contributed by atoms with Crippen LogP contribution in [0.2, 0.25) is 0 Å². The molecule has 0 aliphatic carbocycles. The molecule has 1 aliphatic rings. The summed E-state index contributed by atoms with van der Waals surface area (Å²) in [4.78, 5) is 0. The van der Waals surface area contributed by atoms with Crippen LogP contribution in [-0.4, -0.2) is 5.75 Å². The SMILES string of the molecule is Cc1cccc(C2CCS2)c1. The average Bonchev–Trinajstić information content (AvgIpc) is 1.83. The summed E-state index contributed by atoms with van der Waals surface area (Å²) in [5, 5.41) is 0.801. The molecule has 2 rings (SSSR count). The Labute approximate surface area is 72.0 Å². The van der Waals surface area contributed by atoms with Crippen molar-refractivity contribution in [1.82, 2.24) is 0 Å². The monoisotopic (exact) mass is 164 g/mol. The summed E-state index contributed by atoms with van der Waals surface area (Å²) in [6.45, 7) is 2.16. The lowest BCUT2D eigenvalue weighted by Gasteiger charge is -2.25. The van der Waals surface area contributed by atoms with Gasteiger partial charge in [-0.25, -0.2) is 0 Å². The summed E-state index contributed by atoms with van der Waals surface area (Å²) in [5.41, 5.74) is 2.90. The topological polar surface area (TPSA) is 0 Å². The van der Waals surface area contributed by atoms with E-state index in [1.807, 2.05) is 0 Å². The Balaban J connectivity index is 2.23. The highest BCUT2D eigenvalue weighted by Crippen LogP contribution is 2.42. The van der Waals surface area contributed by atoms with Crippen LogP contribution in [0.3, 0.4) is 0 Å². The van der Waals surface area contributed by atoms with Gasteiger partial charge in [0, 0.05) is 5.25 Å². The first-order chi connectivity index (χ1) is 5.36. The molecular formula is C10H12S. The Bertz CT molecular complexity index is 251. The third-order valence-electron chi connectivity index (χ3n) is 2.11. The minimum atomic E-state index is 0.801. The van der Waals surface area contributed by atoms with Crippen molar-refractivity contribution in [2.45, 2.75) is 18.6 Å². The van der Waals surface area contributed by atoms with E-state index in [1.54, 1.807) is 0 Å². The van der Waals surface area contributed by atoms with Crippen molar-refractivity contribution < 1.29 is 0 Å². The van der Waals surface area contributed by atoms with Crippen LogP contribution < -0.4 is 0 Å². The Morgan fingerprint density at radius 2 is 2.27 bits per heavy atom. The van der Waals surface area contributed by atoms with Crippen LogP contribution in [0.1, 0.15) is 22.8 Å². The zero-order valence-electron chi connectivity index (χ0n) is 6.71. The maximum Gasteiger partial charge on any atom is 0.0305 e. The maximum absolute atomic E-state index is 2.30. The molecule has 1 aliphatic heterocycles. The van der Waals surface area contributed by atoms with E-state index >= 15 is 0 Å². The summed E-state index contributed by atoms with van der Waals surface area (Å²) >= 11 is 2.07. The van der Waals surface area contributed by atoms with Crippen LogP contribution in [0.25, 0.3) is 0 Å². The lowest BCUT2D eigenvalue weighted by Crippen LogP contribution is -2.06. The molecule has 1 atom stereocenters. The molecular weight excluding hydrogens is 152 g/mol. The first-order valence-corrected chi connectivity index (χ1v) is 5.09. The first-order valence-electron chi connectivity index (χ1n) is 4.04. The van der Waals surface area contributed by atoms with Crippen molar-refractivity contribution in [1.29, 1.82) is 0 Å². The molecule has 1 saturated heterocycles. The van der Waals surface area contributed by atoms with Crippen molar-refractivity contribution in [3.05, 3.63) is 35.4 Å². The molecule has 1 heteroatoms. The number of rotatable bonds is 1. The number of hydrogen-bond donors (Lipinski definition) is 0. The van der Waals surface area contributed by atoms with Gasteiger partial charge in [-0.15, -0.1) is 0 Å². The van der Waals surface area contributed by atoms with Gasteiger partial charge in [-0.2, -0.15) is 11.8 Å². The van der Waals surface area contributed by atoms with E-state index in [1.165, 1.54) is 23.3 Å². The van der Waals surface area contributed by atoms with Crippen molar-refractivity contribution >= 4 is 11.8 Å². The minimum Gasteiger partial charge on any atom is -0.154 e. The Hall–Kier alpha value is -0.430. The second-order valence-corrected chi connectivity index (χ2v) is 4.37. The van der Waals surface area contributed by atoms with Gasteiger partial charge in [0.05, 0.1) is 0 Å². The molecule has 0 spiro atoms. The summed E-state index contributed by atoms with van der Waals surface area (Å²) in [7, 11) is 0. The van der Waals surface area contributed by atoms with Gasteiger partial charge in [0.2, 0.25) is 0 Å². The maximum atomic E-state index is 2.30. The van der Waals surface area contributed by atoms with Crippen LogP contribution in [0.5, 0.6) is 0 Å². The van der Waals surface area contributed by atoms with E-state index in [2.05, 4.69) is 43.0 Å². The predicted molar refractivity (Wildman–Crippen MR) is 51.0 cm³/mol. The Morgan fingerprint density at radius 1 is 1.45 bits per heavy atom. The molecule has 0 nitrogen and oxygen atoms in total. The van der Waals surface area contributed by atoms with Crippen molar-refractivity contribution in [2.24, 2.45) is 0 Å². The summed E-state index contributed by atoms with van der Waals surface area (Å²) in [5.74, 6) is 1.35. The number of benzene rings is 1. The van der Waals surface area contributed by atoms with E-state index in [9.17, 15) is 0 Å². The van der Waals surface area contributed by atoms with Crippen LogP contribution >= 0.6 is 11.8 Å². The zero-order valence-corrected chi connectivity index (χ0v) is 7.53. The van der Waals surface area contributed by atoms with Crippen molar-refractivity contribution in [3.63, 3.8) is 0 Å². The Morgan fingerprint density at radius 3 is 2.82 bits per heavy atom. The van der Waals surface area contributed by atoms with E-state index in [0.717, 1.165) is 5.25 Å². The zero-order chi connectivity index (χ0) is 7.68. The van der Waals surface area contributed by atoms with Crippen LogP contribution in [-0.2, 0) is 0 Å². The molecule has 11 heavy (non-hydrogen) atoms. The standard InChI is InChI=1S/C10H12S/c1-8-3-2-4-9(7-8)10-5-6-11-10/h2-4,7,10H,5-6H2,1H3. The second kappa shape index (κ2) is 2.90. The first kappa shape index (κ1) is 7.23. The molecule has 1 fully saturated rings. The van der Waals surface area contributed by atoms with Gasteiger partial charge in [0.15, 0.2) is 0 Å². The smallest absolute Gasteiger partial charge is 0.0305 e. The predicted octanol–water partition coefficient (Wildman–Crippen LogP) is 3.17. The molecule has 0 bridgehead atoms. The molecule has 0 radical (unpaired) electrons. The Kier molecular flexibility index (Phi) is 1.91. The molecule has 1 heterocycles. The number of aryl methyl sites for hydroxylation is 1. The van der Waals surface area contributed by atoms with E-state index in [-0.39, 0.29) is 0 Å². The average molecular weight is 164 g/mol. The molecule has 1 aromatic carbocycles. The highest BCUT2D eigenvalue weighted by Gasteiger charge is 2.19. The lowest BCUT2D eigenvalue weighted by molar-refractivity contribution is 0.848. The van der Waals surface area contributed by atoms with Gasteiger partial charge >= 0.3 is 0 Å². The lowest BCUT2D eigenvalue weighted by atomic mass is 10.1. The highest BCUT2D eigenvalue weighted by atomic mass is 32.2. The molecule has 0 aromatic heterocycles. The molecule has 58 valence electrons. The fraction of sp³-hybridized carbons (Fsp3) is 0.400. The number of hydrogen-bond acceptors (Lipinski definition) is 1. The van der Waals surface area contributed by atoms with Crippen LogP contribution in [0.4, 0.5) is 0 Å². The van der Waals surface area contributed by atoms with Gasteiger partial charge in [-0.3, -0.25) is 0 Å². The van der Waals surface area contributed by atoms with Crippen molar-refractivity contribution in [2.75, 3.05) is 5.75 Å². The molecule has 1 aromatic rings. The molecule has 0 amide bonds. The van der Waals surface area contributed by atoms with E-state index in [4.69, 9.17) is 0 Å². The number of thioether (sulfide) groups is 1. The fourth-order valence-corrected chi connectivity index (χ4v) is 2.18. The van der Waals surface area contributed by atoms with Gasteiger partial charge in [0.25, 0.3) is 0 Å². The minimum absolute atomic E-state index is 0.801. The van der Waals surface area contributed by atoms with Gasteiger partial charge < -0.3 is 0 Å². The van der Waals surface area contributed by atoms with Gasteiger partial charge in [0.1, 0.15) is 0 Å². The normalized spacial score (nSPS) is 22.8. The third-order valence-corrected chi connectivity index (χ3v) is 3.49. The van der Waals surface area contributed by atoms with Crippen LogP contribution in [0, 0.1) is 6.92 Å². The summed E-state index contributed by atoms with van der Waals surface area (Å²) < 4.78 is 0. The fourth-order valence-electron chi connectivity index (χ4n) is 1.37. The largest absolute Gasteiger partial charge is 0.154 e. The van der Waals surface area contributed by atoms with Crippen molar-refractivity contribution in [3.8, 4) is 0 Å². The van der Waals surface area contributed by atoms with Gasteiger partial charge in [-0.05, 0) is 24.7 Å². The van der Waals surface area contributed by atoms with Gasteiger partial charge in [-0.1, -0.05) is 29.8 Å². The molecule has 0 saturated carbocycles. The highest BCUT2D eigenvalue weighted by molar-refractivity contribution is 8.00. The molecule has 0 N–H and O–H groups in total. The second-order valence-electron chi connectivity index (χ2n) is 3.06. The van der Waals surface area contributed by atoms with E-state index < -0.39 is 0 Å². The van der Waals surface area contributed by atoms with E-state index in [0.29, 0.717) is 0 Å². The summed E-state index contributed by atoms with van der Waals surface area (Å²) in [6, 6.07) is 8.86. The summed E-state index contributed by atoms with van der Waals surface area (Å²) in [6.07, 6.45) is 1.37. The quantitative estimate of drug-likeness (QED) is 0.614. The van der Waals surface area contributed by atoms with Crippen LogP contribution in [0.15, 0.2) is 24.3 Å². The molecule has 1 unspecified atom stereocenters.